The quantitative estimate of drug-likeness (QED) is 0.472. The summed E-state index contributed by atoms with van der Waals surface area (Å²) in [6.45, 7) is 1.89. The molecule has 0 N–H and O–H groups in total. The van der Waals surface area contributed by atoms with Crippen LogP contribution in [0.25, 0.3) is 6.08 Å². The minimum Gasteiger partial charge on any atom is -0.497 e. The van der Waals surface area contributed by atoms with Gasteiger partial charge >= 0.3 is 0 Å². The van der Waals surface area contributed by atoms with Crippen molar-refractivity contribution < 1.29 is 14.5 Å². The van der Waals surface area contributed by atoms with Gasteiger partial charge in [0.05, 0.1) is 12.0 Å². The van der Waals surface area contributed by atoms with Crippen molar-refractivity contribution in [2.45, 2.75) is 26.2 Å². The molecule has 0 aromatic heterocycles. The van der Waals surface area contributed by atoms with Gasteiger partial charge in [0.1, 0.15) is 5.75 Å². The molecule has 0 fully saturated rings. The number of hydrogen-bond acceptors (Lipinski definition) is 4. The van der Waals surface area contributed by atoms with Crippen LogP contribution in [0.3, 0.4) is 0 Å². The van der Waals surface area contributed by atoms with Gasteiger partial charge in [0, 0.05) is 22.8 Å². The number of nitrogens with zero attached hydrogens (tertiary/aromatic N) is 1. The molecule has 25 heavy (non-hydrogen) atoms. The molecular formula is C20H19NO4. The van der Waals surface area contributed by atoms with E-state index in [-0.39, 0.29) is 16.4 Å². The van der Waals surface area contributed by atoms with Crippen LogP contribution in [-0.4, -0.2) is 17.8 Å². The molecule has 2 aromatic rings. The number of Topliss-reactive ketones (excluding diaryl/α,β-unsaturated/α-hetero) is 1. The number of ether oxygens (including phenoxy) is 1. The van der Waals surface area contributed by atoms with E-state index in [1.54, 1.807) is 37.5 Å². The molecule has 1 aliphatic carbocycles. The normalized spacial score (nSPS) is 15.1. The Morgan fingerprint density at radius 1 is 1.20 bits per heavy atom. The number of nitro benzene ring substituents is 1. The van der Waals surface area contributed by atoms with E-state index in [2.05, 4.69) is 0 Å². The topological polar surface area (TPSA) is 69.4 Å². The second-order valence-electron chi connectivity index (χ2n) is 6.02. The summed E-state index contributed by atoms with van der Waals surface area (Å²) >= 11 is 0. The minimum atomic E-state index is -0.370. The molecule has 0 atom stereocenters. The van der Waals surface area contributed by atoms with Gasteiger partial charge in [-0.15, -0.1) is 0 Å². The molecule has 0 aliphatic heterocycles. The predicted molar refractivity (Wildman–Crippen MR) is 96.1 cm³/mol. The number of hydrogen-bond donors (Lipinski definition) is 0. The molecule has 0 saturated heterocycles. The maximum atomic E-state index is 12.7. The van der Waals surface area contributed by atoms with E-state index < -0.39 is 0 Å². The predicted octanol–water partition coefficient (Wildman–Crippen LogP) is 4.38. The summed E-state index contributed by atoms with van der Waals surface area (Å²) in [5, 5.41) is 11.2. The number of rotatable bonds is 4. The molecule has 3 rings (SSSR count). The van der Waals surface area contributed by atoms with Crippen LogP contribution in [0.5, 0.6) is 5.75 Å². The first kappa shape index (κ1) is 16.9. The summed E-state index contributed by atoms with van der Waals surface area (Å²) in [7, 11) is 1.60. The summed E-state index contributed by atoms with van der Waals surface area (Å²) in [5.74, 6) is 0.718. The minimum absolute atomic E-state index is 0.0221. The first-order chi connectivity index (χ1) is 12.0. The number of nitro groups is 1. The van der Waals surface area contributed by atoms with Gasteiger partial charge in [0.25, 0.3) is 5.69 Å². The number of carbonyl (C=O) groups excluding carboxylic acids is 1. The largest absolute Gasteiger partial charge is 0.497 e. The molecule has 5 heteroatoms. The van der Waals surface area contributed by atoms with E-state index in [1.807, 2.05) is 19.1 Å². The highest BCUT2D eigenvalue weighted by molar-refractivity contribution is 6.13. The van der Waals surface area contributed by atoms with E-state index in [0.29, 0.717) is 35.1 Å². The number of benzene rings is 2. The van der Waals surface area contributed by atoms with E-state index >= 15 is 0 Å². The Kier molecular flexibility index (Phi) is 4.65. The third-order valence-electron chi connectivity index (χ3n) is 4.54. The summed E-state index contributed by atoms with van der Waals surface area (Å²) < 4.78 is 5.21. The van der Waals surface area contributed by atoms with Crippen molar-refractivity contribution in [1.82, 2.24) is 0 Å². The van der Waals surface area contributed by atoms with Gasteiger partial charge in [-0.3, -0.25) is 14.9 Å². The van der Waals surface area contributed by atoms with Crippen molar-refractivity contribution in [3.05, 3.63) is 74.3 Å². The molecule has 0 bridgehead atoms. The Morgan fingerprint density at radius 2 is 2.00 bits per heavy atom. The highest BCUT2D eigenvalue weighted by Gasteiger charge is 2.22. The maximum Gasteiger partial charge on any atom is 0.273 e. The zero-order valence-electron chi connectivity index (χ0n) is 14.2. The average Bonchev–Trinajstić information content (AvgIpc) is 2.63. The summed E-state index contributed by atoms with van der Waals surface area (Å²) in [4.78, 5) is 23.6. The number of carbonyl (C=O) groups is 1. The maximum absolute atomic E-state index is 12.7. The van der Waals surface area contributed by atoms with Crippen molar-refractivity contribution in [2.24, 2.45) is 0 Å². The molecule has 0 saturated carbocycles. The van der Waals surface area contributed by atoms with Crippen LogP contribution in [0.1, 0.15) is 40.4 Å². The third-order valence-corrected chi connectivity index (χ3v) is 4.54. The van der Waals surface area contributed by atoms with Gasteiger partial charge in [0.15, 0.2) is 5.78 Å². The first-order valence-corrected chi connectivity index (χ1v) is 8.23. The van der Waals surface area contributed by atoms with Crippen LogP contribution in [0.2, 0.25) is 0 Å². The number of ketones is 1. The van der Waals surface area contributed by atoms with E-state index in [9.17, 15) is 14.9 Å². The molecule has 0 heterocycles. The number of allylic oxidation sites excluding steroid dienone is 1. The van der Waals surface area contributed by atoms with Gasteiger partial charge in [-0.1, -0.05) is 19.1 Å². The molecule has 2 aromatic carbocycles. The van der Waals surface area contributed by atoms with Gasteiger partial charge in [-0.2, -0.15) is 0 Å². The SMILES string of the molecule is CCc1ccc(/C=C2/CCc3cc(OC)ccc3C2=O)cc1[N+](=O)[O-]. The Labute approximate surface area is 146 Å². The summed E-state index contributed by atoms with van der Waals surface area (Å²) in [5.41, 5.74) is 3.82. The van der Waals surface area contributed by atoms with Crippen molar-refractivity contribution in [3.8, 4) is 5.75 Å². The Bertz CT molecular complexity index is 883. The van der Waals surface area contributed by atoms with E-state index in [4.69, 9.17) is 4.74 Å². The standard InChI is InChI=1S/C20H19NO4/c1-3-14-5-4-13(11-19(14)21(23)24)10-16-7-6-15-12-17(25-2)8-9-18(15)20(16)22/h4-5,8-12H,3,6-7H2,1-2H3/b16-10-. The molecule has 5 nitrogen and oxygen atoms in total. The fraction of sp³-hybridized carbons (Fsp3) is 0.250. The van der Waals surface area contributed by atoms with Crippen molar-refractivity contribution in [1.29, 1.82) is 0 Å². The summed E-state index contributed by atoms with van der Waals surface area (Å²) in [6, 6.07) is 10.6. The Morgan fingerprint density at radius 3 is 2.68 bits per heavy atom. The van der Waals surface area contributed by atoms with Crippen molar-refractivity contribution in [3.63, 3.8) is 0 Å². The second-order valence-corrected chi connectivity index (χ2v) is 6.02. The second kappa shape index (κ2) is 6.89. The average molecular weight is 337 g/mol. The van der Waals surface area contributed by atoms with Crippen LogP contribution < -0.4 is 4.74 Å². The zero-order chi connectivity index (χ0) is 18.0. The Balaban J connectivity index is 1.96. The third kappa shape index (κ3) is 3.31. The molecule has 0 amide bonds. The lowest BCUT2D eigenvalue weighted by molar-refractivity contribution is -0.385. The molecular weight excluding hydrogens is 318 g/mol. The lowest BCUT2D eigenvalue weighted by Crippen LogP contribution is -2.14. The highest BCUT2D eigenvalue weighted by Crippen LogP contribution is 2.30. The first-order valence-electron chi connectivity index (χ1n) is 8.23. The molecule has 0 radical (unpaired) electrons. The van der Waals surface area contributed by atoms with Crippen LogP contribution in [-0.2, 0) is 12.8 Å². The lowest BCUT2D eigenvalue weighted by atomic mass is 9.86. The number of fused-ring (bicyclic) bond motifs is 1. The number of methoxy groups -OCH3 is 1. The zero-order valence-corrected chi connectivity index (χ0v) is 14.2. The van der Waals surface area contributed by atoms with E-state index in [1.165, 1.54) is 0 Å². The number of aryl methyl sites for hydroxylation is 2. The molecule has 0 spiro atoms. The smallest absolute Gasteiger partial charge is 0.273 e. The van der Waals surface area contributed by atoms with Gasteiger partial charge in [-0.05, 0) is 54.7 Å². The Hall–Kier alpha value is -2.95. The van der Waals surface area contributed by atoms with Gasteiger partial charge < -0.3 is 4.74 Å². The van der Waals surface area contributed by atoms with E-state index in [0.717, 1.165) is 17.7 Å². The van der Waals surface area contributed by atoms with Gasteiger partial charge in [-0.25, -0.2) is 0 Å². The molecule has 1 aliphatic rings. The summed E-state index contributed by atoms with van der Waals surface area (Å²) in [6.07, 6.45) is 3.73. The lowest BCUT2D eigenvalue weighted by Gasteiger charge is -2.18. The monoisotopic (exact) mass is 337 g/mol. The van der Waals surface area contributed by atoms with Crippen molar-refractivity contribution >= 4 is 17.5 Å². The van der Waals surface area contributed by atoms with Crippen LogP contribution in [0.4, 0.5) is 5.69 Å². The van der Waals surface area contributed by atoms with Crippen LogP contribution in [0.15, 0.2) is 42.0 Å². The van der Waals surface area contributed by atoms with Gasteiger partial charge in [0.2, 0.25) is 0 Å². The fourth-order valence-corrected chi connectivity index (χ4v) is 3.16. The molecule has 128 valence electrons. The van der Waals surface area contributed by atoms with Crippen molar-refractivity contribution in [2.75, 3.05) is 7.11 Å². The molecule has 0 unspecified atom stereocenters. The van der Waals surface area contributed by atoms with Crippen LogP contribution in [0, 0.1) is 10.1 Å². The highest BCUT2D eigenvalue weighted by atomic mass is 16.6. The van der Waals surface area contributed by atoms with Crippen LogP contribution >= 0.6 is 0 Å². The fourth-order valence-electron chi connectivity index (χ4n) is 3.16.